The number of aryl methyl sites for hydroxylation is 1. The van der Waals surface area contributed by atoms with Crippen molar-refractivity contribution >= 4 is 16.0 Å². The Labute approximate surface area is 123 Å². The molecule has 118 valence electrons. The second-order valence-electron chi connectivity index (χ2n) is 5.06. The van der Waals surface area contributed by atoms with Gasteiger partial charge < -0.3 is 9.84 Å². The van der Waals surface area contributed by atoms with Gasteiger partial charge >= 0.3 is 5.97 Å². The van der Waals surface area contributed by atoms with Crippen LogP contribution in [0, 0.1) is 5.92 Å². The van der Waals surface area contributed by atoms with E-state index in [1.165, 1.54) is 17.1 Å². The van der Waals surface area contributed by atoms with E-state index in [-0.39, 0.29) is 29.9 Å². The fourth-order valence-corrected chi connectivity index (χ4v) is 3.21. The number of carboxylic acid groups (broad SMARTS) is 1. The second kappa shape index (κ2) is 6.54. The number of sulfonamides is 1. The maximum atomic E-state index is 12.1. The average molecular weight is 317 g/mol. The topological polar surface area (TPSA) is 111 Å². The Hall–Kier alpha value is -1.45. The SMILES string of the molecule is CC1OCCC1CNS(=O)(=O)c1cnn(CCC(=O)O)c1. The number of hydrogen-bond acceptors (Lipinski definition) is 5. The van der Waals surface area contributed by atoms with Crippen molar-refractivity contribution in [3.63, 3.8) is 0 Å². The molecule has 0 saturated carbocycles. The molecule has 1 aliphatic rings. The highest BCUT2D eigenvalue weighted by Crippen LogP contribution is 2.20. The summed E-state index contributed by atoms with van der Waals surface area (Å²) in [7, 11) is -3.63. The molecule has 8 nitrogen and oxygen atoms in total. The molecule has 1 aromatic heterocycles. The first-order chi connectivity index (χ1) is 9.88. The third-order valence-corrected chi connectivity index (χ3v) is 4.92. The molecule has 2 atom stereocenters. The highest BCUT2D eigenvalue weighted by molar-refractivity contribution is 7.89. The summed E-state index contributed by atoms with van der Waals surface area (Å²) in [6.45, 7) is 3.04. The number of aromatic nitrogens is 2. The van der Waals surface area contributed by atoms with E-state index in [4.69, 9.17) is 9.84 Å². The van der Waals surface area contributed by atoms with Gasteiger partial charge in [0.1, 0.15) is 4.90 Å². The predicted octanol–water partition coefficient (Wildman–Crippen LogP) is 0.0611. The van der Waals surface area contributed by atoms with Gasteiger partial charge in [-0.05, 0) is 13.3 Å². The fourth-order valence-electron chi connectivity index (χ4n) is 2.16. The molecular formula is C12H19N3O5S. The summed E-state index contributed by atoms with van der Waals surface area (Å²) in [6, 6.07) is 0. The minimum Gasteiger partial charge on any atom is -0.481 e. The molecule has 2 heterocycles. The van der Waals surface area contributed by atoms with Gasteiger partial charge in [-0.15, -0.1) is 0 Å². The lowest BCUT2D eigenvalue weighted by Crippen LogP contribution is -2.31. The molecule has 0 bridgehead atoms. The van der Waals surface area contributed by atoms with Crippen LogP contribution in [-0.2, 0) is 26.1 Å². The van der Waals surface area contributed by atoms with E-state index in [1.807, 2.05) is 6.92 Å². The Morgan fingerprint density at radius 1 is 1.62 bits per heavy atom. The van der Waals surface area contributed by atoms with Crippen LogP contribution in [-0.4, -0.2) is 48.5 Å². The summed E-state index contributed by atoms with van der Waals surface area (Å²) in [5.74, 6) is -0.787. The van der Waals surface area contributed by atoms with Gasteiger partial charge in [-0.25, -0.2) is 13.1 Å². The highest BCUT2D eigenvalue weighted by atomic mass is 32.2. The normalized spacial score (nSPS) is 22.5. The largest absolute Gasteiger partial charge is 0.481 e. The van der Waals surface area contributed by atoms with E-state index in [0.29, 0.717) is 13.2 Å². The molecule has 1 saturated heterocycles. The van der Waals surface area contributed by atoms with Gasteiger partial charge in [-0.3, -0.25) is 9.48 Å². The van der Waals surface area contributed by atoms with Crippen molar-refractivity contribution in [2.24, 2.45) is 5.92 Å². The van der Waals surface area contributed by atoms with E-state index in [1.54, 1.807) is 0 Å². The number of nitrogens with zero attached hydrogens (tertiary/aromatic N) is 2. The van der Waals surface area contributed by atoms with Crippen molar-refractivity contribution in [2.45, 2.75) is 37.3 Å². The van der Waals surface area contributed by atoms with Crippen LogP contribution in [0.3, 0.4) is 0 Å². The molecule has 2 unspecified atom stereocenters. The number of nitrogens with one attached hydrogen (secondary N) is 1. The average Bonchev–Trinajstić information content (AvgIpc) is 3.03. The van der Waals surface area contributed by atoms with Gasteiger partial charge in [0.15, 0.2) is 0 Å². The van der Waals surface area contributed by atoms with Crippen LogP contribution in [0.4, 0.5) is 0 Å². The van der Waals surface area contributed by atoms with Gasteiger partial charge in [0.2, 0.25) is 10.0 Å². The van der Waals surface area contributed by atoms with Crippen molar-refractivity contribution < 1.29 is 23.1 Å². The van der Waals surface area contributed by atoms with Crippen molar-refractivity contribution in [1.82, 2.24) is 14.5 Å². The number of aliphatic carboxylic acids is 1. The van der Waals surface area contributed by atoms with Crippen LogP contribution in [0.1, 0.15) is 19.8 Å². The van der Waals surface area contributed by atoms with Crippen LogP contribution in [0.2, 0.25) is 0 Å². The molecule has 0 aliphatic carbocycles. The van der Waals surface area contributed by atoms with Gasteiger partial charge in [0.05, 0.1) is 25.3 Å². The van der Waals surface area contributed by atoms with Crippen LogP contribution < -0.4 is 4.72 Å². The first-order valence-electron chi connectivity index (χ1n) is 6.74. The lowest BCUT2D eigenvalue weighted by molar-refractivity contribution is -0.137. The number of rotatable bonds is 7. The Morgan fingerprint density at radius 2 is 2.38 bits per heavy atom. The zero-order valence-electron chi connectivity index (χ0n) is 11.7. The molecule has 2 rings (SSSR count). The lowest BCUT2D eigenvalue weighted by Gasteiger charge is -2.14. The standard InChI is InChI=1S/C12H19N3O5S/c1-9-10(3-5-20-9)6-14-21(18,19)11-7-13-15(8-11)4-2-12(16)17/h7-10,14H,2-6H2,1H3,(H,16,17). The number of carboxylic acids is 1. The molecule has 9 heteroatoms. The van der Waals surface area contributed by atoms with E-state index in [2.05, 4.69) is 9.82 Å². The van der Waals surface area contributed by atoms with Gasteiger partial charge in [-0.2, -0.15) is 5.10 Å². The van der Waals surface area contributed by atoms with Crippen LogP contribution in [0.15, 0.2) is 17.3 Å². The number of hydrogen-bond donors (Lipinski definition) is 2. The summed E-state index contributed by atoms with van der Waals surface area (Å²) < 4.78 is 33.5. The molecule has 1 fully saturated rings. The van der Waals surface area contributed by atoms with Crippen molar-refractivity contribution in [1.29, 1.82) is 0 Å². The lowest BCUT2D eigenvalue weighted by atomic mass is 10.0. The van der Waals surface area contributed by atoms with E-state index >= 15 is 0 Å². The predicted molar refractivity (Wildman–Crippen MR) is 73.2 cm³/mol. The molecule has 1 aromatic rings. The fraction of sp³-hybridized carbons (Fsp3) is 0.667. The van der Waals surface area contributed by atoms with Crippen molar-refractivity contribution in [3.8, 4) is 0 Å². The molecule has 0 amide bonds. The summed E-state index contributed by atoms with van der Waals surface area (Å²) in [4.78, 5) is 10.5. The smallest absolute Gasteiger partial charge is 0.305 e. The summed E-state index contributed by atoms with van der Waals surface area (Å²) >= 11 is 0. The maximum absolute atomic E-state index is 12.1. The molecule has 2 N–H and O–H groups in total. The first-order valence-corrected chi connectivity index (χ1v) is 8.22. The summed E-state index contributed by atoms with van der Waals surface area (Å²) in [5, 5.41) is 12.4. The summed E-state index contributed by atoms with van der Waals surface area (Å²) in [6.07, 6.45) is 3.33. The van der Waals surface area contributed by atoms with Gasteiger partial charge in [0.25, 0.3) is 0 Å². The number of ether oxygens (including phenoxy) is 1. The highest BCUT2D eigenvalue weighted by Gasteiger charge is 2.26. The van der Waals surface area contributed by atoms with Gasteiger partial charge in [0, 0.05) is 25.3 Å². The zero-order chi connectivity index (χ0) is 15.5. The monoisotopic (exact) mass is 317 g/mol. The van der Waals surface area contributed by atoms with Crippen LogP contribution in [0.5, 0.6) is 0 Å². The molecule has 1 aliphatic heterocycles. The van der Waals surface area contributed by atoms with E-state index in [9.17, 15) is 13.2 Å². The zero-order valence-corrected chi connectivity index (χ0v) is 12.5. The molecule has 0 aromatic carbocycles. The van der Waals surface area contributed by atoms with Crippen LogP contribution >= 0.6 is 0 Å². The van der Waals surface area contributed by atoms with Crippen molar-refractivity contribution in [2.75, 3.05) is 13.2 Å². The Bertz CT molecular complexity index is 598. The van der Waals surface area contributed by atoms with E-state index < -0.39 is 16.0 Å². The Kier molecular flexibility index (Phi) is 4.96. The Morgan fingerprint density at radius 3 is 3.00 bits per heavy atom. The number of carbonyl (C=O) groups is 1. The molecular weight excluding hydrogens is 298 g/mol. The molecule has 0 spiro atoms. The minimum absolute atomic E-state index is 0.0412. The third-order valence-electron chi connectivity index (χ3n) is 3.54. The third kappa shape index (κ3) is 4.26. The van der Waals surface area contributed by atoms with Gasteiger partial charge in [-0.1, -0.05) is 0 Å². The van der Waals surface area contributed by atoms with E-state index in [0.717, 1.165) is 6.42 Å². The quantitative estimate of drug-likeness (QED) is 0.736. The minimum atomic E-state index is -3.63. The Balaban J connectivity index is 1.94. The first kappa shape index (κ1) is 15.9. The van der Waals surface area contributed by atoms with Crippen LogP contribution in [0.25, 0.3) is 0 Å². The molecule has 0 radical (unpaired) electrons. The summed E-state index contributed by atoms with van der Waals surface area (Å²) in [5.41, 5.74) is 0. The second-order valence-corrected chi connectivity index (χ2v) is 6.83. The van der Waals surface area contributed by atoms with Crippen molar-refractivity contribution in [3.05, 3.63) is 12.4 Å². The molecule has 21 heavy (non-hydrogen) atoms. The maximum Gasteiger partial charge on any atom is 0.305 e.